The molecule has 0 amide bonds. The van der Waals surface area contributed by atoms with Gasteiger partial charge in [0.25, 0.3) is 0 Å². The van der Waals surface area contributed by atoms with Crippen molar-refractivity contribution in [1.29, 1.82) is 0 Å². The van der Waals surface area contributed by atoms with Gasteiger partial charge in [0.05, 0.1) is 10.9 Å². The number of rotatable bonds is 3. The molecule has 0 aliphatic carbocycles. The van der Waals surface area contributed by atoms with E-state index < -0.39 is 5.60 Å². The van der Waals surface area contributed by atoms with Crippen LogP contribution in [-0.2, 0) is 6.54 Å². The number of hydrogen-bond acceptors (Lipinski definition) is 5. The molecule has 3 aromatic rings. The lowest BCUT2D eigenvalue weighted by Gasteiger charge is -2.19. The van der Waals surface area contributed by atoms with Gasteiger partial charge in [-0.2, -0.15) is 5.10 Å². The van der Waals surface area contributed by atoms with Gasteiger partial charge in [-0.1, -0.05) is 24.0 Å². The van der Waals surface area contributed by atoms with Crippen molar-refractivity contribution in [2.75, 3.05) is 11.1 Å². The molecule has 5 nitrogen and oxygen atoms in total. The van der Waals surface area contributed by atoms with E-state index in [0.717, 1.165) is 35.1 Å². The molecule has 32 heavy (non-hydrogen) atoms. The number of aromatic nitrogens is 3. The summed E-state index contributed by atoms with van der Waals surface area (Å²) in [6.07, 6.45) is 1.82. The molecule has 2 atom stereocenters. The van der Waals surface area contributed by atoms with Gasteiger partial charge in [-0.15, -0.1) is 11.8 Å². The molecule has 2 unspecified atom stereocenters. The van der Waals surface area contributed by atoms with E-state index in [1.165, 1.54) is 16.7 Å². The van der Waals surface area contributed by atoms with Crippen LogP contribution in [0.25, 0.3) is 11.4 Å². The molecule has 0 bridgehead atoms. The maximum Gasteiger partial charge on any atom is 0.129 e. The molecule has 1 aliphatic rings. The molecule has 166 valence electrons. The zero-order chi connectivity index (χ0) is 22.9. The number of nitrogens with zero attached hydrogens (tertiary/aromatic N) is 3. The quantitative estimate of drug-likeness (QED) is 0.553. The second-order valence-corrected chi connectivity index (χ2v) is 9.92. The third-order valence-corrected chi connectivity index (χ3v) is 6.93. The van der Waals surface area contributed by atoms with Crippen molar-refractivity contribution in [1.82, 2.24) is 14.8 Å². The van der Waals surface area contributed by atoms with Gasteiger partial charge < -0.3 is 10.4 Å². The minimum absolute atomic E-state index is 0.135. The van der Waals surface area contributed by atoms with Crippen LogP contribution >= 0.6 is 11.8 Å². The average Bonchev–Trinajstić information content (AvgIpc) is 3.02. The minimum Gasteiger partial charge on any atom is -0.378 e. The van der Waals surface area contributed by atoms with Crippen LogP contribution in [0, 0.1) is 18.8 Å². The summed E-state index contributed by atoms with van der Waals surface area (Å²) in [7, 11) is 0. The monoisotopic (exact) mass is 446 g/mol. The summed E-state index contributed by atoms with van der Waals surface area (Å²) in [5, 5.41) is 18.7. The predicted molar refractivity (Wildman–Crippen MR) is 133 cm³/mol. The summed E-state index contributed by atoms with van der Waals surface area (Å²) in [6.45, 7) is 10.7. The number of fused-ring (bicyclic) bond motifs is 1. The fraction of sp³-hybridized carbons (Fsp3) is 0.385. The first-order chi connectivity index (χ1) is 15.3. The Morgan fingerprint density at radius 2 is 2.09 bits per heavy atom. The maximum atomic E-state index is 9.94. The Hall–Kier alpha value is -2.75. The van der Waals surface area contributed by atoms with Crippen LogP contribution in [0.15, 0.2) is 42.6 Å². The van der Waals surface area contributed by atoms with Crippen LogP contribution < -0.4 is 5.32 Å². The fourth-order valence-corrected chi connectivity index (χ4v) is 5.31. The summed E-state index contributed by atoms with van der Waals surface area (Å²) in [5.74, 6) is 8.08. The Labute approximate surface area is 194 Å². The number of nitrogens with one attached hydrogen (secondary N) is 1. The number of hydrogen-bond donors (Lipinski definition) is 2. The fourth-order valence-electron chi connectivity index (χ4n) is 3.91. The highest BCUT2D eigenvalue weighted by Gasteiger charge is 2.32. The zero-order valence-corrected chi connectivity index (χ0v) is 20.1. The van der Waals surface area contributed by atoms with Crippen molar-refractivity contribution < 1.29 is 5.11 Å². The largest absolute Gasteiger partial charge is 0.378 e. The molecule has 0 radical (unpaired) electrons. The van der Waals surface area contributed by atoms with Crippen molar-refractivity contribution in [2.45, 2.75) is 58.1 Å². The van der Waals surface area contributed by atoms with Gasteiger partial charge in [-0.3, -0.25) is 4.98 Å². The molecule has 1 aromatic carbocycles. The van der Waals surface area contributed by atoms with Crippen LogP contribution in [0.1, 0.15) is 55.2 Å². The predicted octanol–water partition coefficient (Wildman–Crippen LogP) is 5.03. The SMILES string of the molecule is CCn1nc(-c2ccccn2)c2c1NC(C)CSC2c1ccc(C#CC(C)(C)O)cc1C. The molecule has 2 N–H and O–H groups in total. The molecule has 3 heterocycles. The summed E-state index contributed by atoms with van der Waals surface area (Å²) < 4.78 is 2.06. The van der Waals surface area contributed by atoms with Crippen molar-refractivity contribution in [2.24, 2.45) is 0 Å². The van der Waals surface area contributed by atoms with E-state index >= 15 is 0 Å². The van der Waals surface area contributed by atoms with Crippen molar-refractivity contribution in [3.8, 4) is 23.2 Å². The Morgan fingerprint density at radius 1 is 1.28 bits per heavy atom. The van der Waals surface area contributed by atoms with Crippen molar-refractivity contribution in [3.63, 3.8) is 0 Å². The van der Waals surface area contributed by atoms with E-state index in [4.69, 9.17) is 5.10 Å². The standard InChI is InChI=1S/C26H30N4OS/c1-6-30-25-22(23(29-30)21-9-7-8-14-27-21)24(32-16-18(3)28-25)20-11-10-19(15-17(20)2)12-13-26(4,5)31/h7-11,14-15,18,24,28,31H,6,16H2,1-5H3. The third kappa shape index (κ3) is 4.69. The van der Waals surface area contributed by atoms with E-state index in [1.807, 2.05) is 42.2 Å². The maximum absolute atomic E-state index is 9.94. The lowest BCUT2D eigenvalue weighted by molar-refractivity contribution is 0.143. The van der Waals surface area contributed by atoms with Crippen LogP contribution in [0.5, 0.6) is 0 Å². The number of aliphatic hydroxyl groups is 1. The first-order valence-corrected chi connectivity index (χ1v) is 12.1. The normalized spacial score (nSPS) is 18.2. The van der Waals surface area contributed by atoms with Crippen LogP contribution in [0.3, 0.4) is 0 Å². The molecule has 0 spiro atoms. The number of pyridine rings is 1. The topological polar surface area (TPSA) is 63.0 Å². The minimum atomic E-state index is -1.01. The molecule has 1 aliphatic heterocycles. The summed E-state index contributed by atoms with van der Waals surface area (Å²) in [4.78, 5) is 4.61. The first-order valence-electron chi connectivity index (χ1n) is 11.0. The van der Waals surface area contributed by atoms with Crippen molar-refractivity contribution in [3.05, 3.63) is 64.8 Å². The lowest BCUT2D eigenvalue weighted by atomic mass is 9.96. The van der Waals surface area contributed by atoms with E-state index in [9.17, 15) is 5.11 Å². The van der Waals surface area contributed by atoms with Gasteiger partial charge in [0.15, 0.2) is 0 Å². The Bertz CT molecular complexity index is 1170. The summed E-state index contributed by atoms with van der Waals surface area (Å²) in [5.41, 5.74) is 5.36. The number of anilines is 1. The van der Waals surface area contributed by atoms with Gasteiger partial charge >= 0.3 is 0 Å². The van der Waals surface area contributed by atoms with Crippen LogP contribution in [-0.4, -0.2) is 37.3 Å². The summed E-state index contributed by atoms with van der Waals surface area (Å²) >= 11 is 1.94. The molecule has 0 saturated carbocycles. The average molecular weight is 447 g/mol. The Kier molecular flexibility index (Phi) is 6.32. The lowest BCUT2D eigenvalue weighted by Crippen LogP contribution is -2.19. The number of benzene rings is 1. The smallest absolute Gasteiger partial charge is 0.129 e. The molecule has 4 rings (SSSR count). The highest BCUT2D eigenvalue weighted by molar-refractivity contribution is 7.99. The Balaban J connectivity index is 1.85. The highest BCUT2D eigenvalue weighted by Crippen LogP contribution is 2.47. The van der Waals surface area contributed by atoms with Crippen LogP contribution in [0.4, 0.5) is 5.82 Å². The van der Waals surface area contributed by atoms with Crippen LogP contribution in [0.2, 0.25) is 0 Å². The van der Waals surface area contributed by atoms with Gasteiger partial charge in [0, 0.05) is 35.7 Å². The van der Waals surface area contributed by atoms with Gasteiger partial charge in [0.1, 0.15) is 17.1 Å². The number of thioether (sulfide) groups is 1. The zero-order valence-electron chi connectivity index (χ0n) is 19.3. The van der Waals surface area contributed by atoms with E-state index in [0.29, 0.717) is 6.04 Å². The molecule has 6 heteroatoms. The molecule has 0 saturated heterocycles. The summed E-state index contributed by atoms with van der Waals surface area (Å²) in [6, 6.07) is 12.6. The van der Waals surface area contributed by atoms with Gasteiger partial charge in [-0.25, -0.2) is 4.68 Å². The molecular formula is C26H30N4OS. The second kappa shape index (κ2) is 9.01. The Morgan fingerprint density at radius 3 is 2.75 bits per heavy atom. The third-order valence-electron chi connectivity index (χ3n) is 5.42. The molecule has 2 aromatic heterocycles. The highest BCUT2D eigenvalue weighted by atomic mass is 32.2. The van der Waals surface area contributed by atoms with Crippen molar-refractivity contribution >= 4 is 17.6 Å². The molecule has 0 fully saturated rings. The first kappa shape index (κ1) is 22.4. The number of aryl methyl sites for hydroxylation is 2. The van der Waals surface area contributed by atoms with Gasteiger partial charge in [0.2, 0.25) is 0 Å². The van der Waals surface area contributed by atoms with E-state index in [1.54, 1.807) is 13.8 Å². The van der Waals surface area contributed by atoms with E-state index in [2.05, 4.69) is 59.7 Å². The second-order valence-electron chi connectivity index (χ2n) is 8.78. The molecular weight excluding hydrogens is 416 g/mol. The van der Waals surface area contributed by atoms with E-state index in [-0.39, 0.29) is 5.25 Å². The van der Waals surface area contributed by atoms with Gasteiger partial charge in [-0.05, 0) is 70.0 Å².